The summed E-state index contributed by atoms with van der Waals surface area (Å²) in [5.41, 5.74) is 6.17. The number of fused-ring (bicyclic) bond motifs is 1. The molecule has 4 nitrogen and oxygen atoms in total. The lowest BCUT2D eigenvalue weighted by Crippen LogP contribution is -2.08. The monoisotopic (exact) mass is 484 g/mol. The molecule has 188 valence electrons. The summed E-state index contributed by atoms with van der Waals surface area (Å²) in [5.74, 6) is -0.288. The molecule has 0 fully saturated rings. The van der Waals surface area contributed by atoms with Gasteiger partial charge in [0.15, 0.2) is 5.82 Å². The van der Waals surface area contributed by atoms with Crippen LogP contribution in [0, 0.1) is 25.6 Å². The van der Waals surface area contributed by atoms with Crippen LogP contribution in [0.3, 0.4) is 0 Å². The minimum absolute atomic E-state index is 0.288. The Kier molecular flexibility index (Phi) is 12.4. The molecule has 0 aliphatic rings. The minimum Gasteiger partial charge on any atom is -0.386 e. The highest BCUT2D eigenvalue weighted by molar-refractivity contribution is 5.97. The van der Waals surface area contributed by atoms with Crippen molar-refractivity contribution in [2.45, 2.75) is 13.8 Å². The van der Waals surface area contributed by atoms with Gasteiger partial charge in [-0.15, -0.1) is 26.0 Å². The van der Waals surface area contributed by atoms with Crippen molar-refractivity contribution in [3.8, 4) is 24.0 Å². The summed E-state index contributed by atoms with van der Waals surface area (Å²) in [4.78, 5) is 9.83. The van der Waals surface area contributed by atoms with Gasteiger partial charge in [0.1, 0.15) is 5.65 Å². The number of rotatable bonds is 5. The van der Waals surface area contributed by atoms with E-state index in [4.69, 9.17) is 0 Å². The first-order valence-corrected chi connectivity index (χ1v) is 11.5. The number of hydrogen-bond donors (Lipinski definition) is 2. The first-order chi connectivity index (χ1) is 17.4. The van der Waals surface area contributed by atoms with Gasteiger partial charge in [0.25, 0.3) is 0 Å². The highest BCUT2D eigenvalue weighted by Gasteiger charge is 2.18. The number of benzene rings is 2. The number of nitrogens with zero attached hydrogens (tertiary/aromatic N) is 2. The molecule has 4 rings (SSSR count). The third-order valence-corrected chi connectivity index (χ3v) is 5.52. The second-order valence-electron chi connectivity index (χ2n) is 7.93. The van der Waals surface area contributed by atoms with Gasteiger partial charge in [0.05, 0.1) is 5.69 Å². The molecule has 0 radical (unpaired) electrons. The molecule has 36 heavy (non-hydrogen) atoms. The van der Waals surface area contributed by atoms with Gasteiger partial charge in [-0.25, -0.2) is 9.37 Å². The summed E-state index contributed by atoms with van der Waals surface area (Å²) in [6.45, 7) is 15.4. The normalized spacial score (nSPS) is 9.69. The number of H-pyrrole nitrogens is 1. The number of aromatic amines is 1. The maximum Gasteiger partial charge on any atom is 0.154 e. The van der Waals surface area contributed by atoms with Gasteiger partial charge in [-0.3, -0.25) is 0 Å². The molecule has 2 aromatic carbocycles. The molecule has 2 heterocycles. The molecule has 0 unspecified atom stereocenters. The zero-order valence-electron chi connectivity index (χ0n) is 22.0. The highest BCUT2D eigenvalue weighted by Crippen LogP contribution is 2.35. The van der Waals surface area contributed by atoms with Gasteiger partial charge in [0, 0.05) is 41.5 Å². The van der Waals surface area contributed by atoms with Gasteiger partial charge in [0.2, 0.25) is 0 Å². The Hall–Kier alpha value is -4.14. The third-order valence-electron chi connectivity index (χ3n) is 5.52. The molecule has 0 aliphatic heterocycles. The number of aromatic nitrogens is 2. The Balaban J connectivity index is 0.000000634. The van der Waals surface area contributed by atoms with Crippen LogP contribution in [0.5, 0.6) is 0 Å². The third kappa shape index (κ3) is 7.18. The molecule has 4 aromatic rings. The van der Waals surface area contributed by atoms with Crippen molar-refractivity contribution in [2.24, 2.45) is 0 Å². The van der Waals surface area contributed by atoms with E-state index in [0.717, 1.165) is 39.8 Å². The maximum atomic E-state index is 15.0. The molecular weight excluding hydrogens is 447 g/mol. The molecule has 0 atom stereocenters. The fourth-order valence-corrected chi connectivity index (χ4v) is 3.41. The number of anilines is 1. The summed E-state index contributed by atoms with van der Waals surface area (Å²) in [6, 6.07) is 15.8. The molecule has 5 heteroatoms. The topological polar surface area (TPSA) is 44.0 Å². The summed E-state index contributed by atoms with van der Waals surface area (Å²) < 4.78 is 15.0. The standard InChI is InChI=1S/C23H20FN3.C4H11N.C2H4.C2H2/c1-14-9-10-20(25-3)22(24)21(14)15(2)19-13-27-23-18(19)11-17(12-26-23)16-7-5-4-6-8-16;1-4-5(2)3;2*1-2/h4-13,25H,2H2,1,3H3,(H,26,27);4H2,1-3H3;1-2H2;1-2H. The molecule has 0 saturated heterocycles. The summed E-state index contributed by atoms with van der Waals surface area (Å²) in [6.07, 6.45) is 11.7. The first-order valence-electron chi connectivity index (χ1n) is 11.5. The van der Waals surface area contributed by atoms with Crippen LogP contribution >= 0.6 is 0 Å². The van der Waals surface area contributed by atoms with Crippen LogP contribution in [-0.2, 0) is 0 Å². The van der Waals surface area contributed by atoms with E-state index < -0.39 is 0 Å². The largest absolute Gasteiger partial charge is 0.386 e. The first kappa shape index (κ1) is 29.9. The molecule has 0 amide bonds. The molecular formula is C31H37FN4. The zero-order valence-corrected chi connectivity index (χ0v) is 22.0. The predicted octanol–water partition coefficient (Wildman–Crippen LogP) is 7.40. The lowest BCUT2D eigenvalue weighted by atomic mass is 9.94. The average molecular weight is 485 g/mol. The Morgan fingerprint density at radius 1 is 1.08 bits per heavy atom. The van der Waals surface area contributed by atoms with Crippen LogP contribution in [0.25, 0.3) is 27.7 Å². The van der Waals surface area contributed by atoms with Crippen LogP contribution in [0.4, 0.5) is 10.1 Å². The molecule has 0 saturated carbocycles. The van der Waals surface area contributed by atoms with E-state index in [1.54, 1.807) is 13.1 Å². The predicted molar refractivity (Wildman–Crippen MR) is 156 cm³/mol. The molecule has 0 aliphatic carbocycles. The van der Waals surface area contributed by atoms with Crippen LogP contribution in [-0.4, -0.2) is 42.6 Å². The van der Waals surface area contributed by atoms with Gasteiger partial charge in [-0.1, -0.05) is 49.9 Å². The Bertz CT molecular complexity index is 1270. The number of aryl methyl sites for hydroxylation is 1. The fourth-order valence-electron chi connectivity index (χ4n) is 3.41. The maximum absolute atomic E-state index is 15.0. The number of nitrogens with one attached hydrogen (secondary N) is 2. The Labute approximate surface area is 215 Å². The molecule has 0 spiro atoms. The van der Waals surface area contributed by atoms with Crippen LogP contribution in [0.2, 0.25) is 0 Å². The second kappa shape index (κ2) is 15.0. The van der Waals surface area contributed by atoms with Crippen LogP contribution < -0.4 is 5.32 Å². The van der Waals surface area contributed by atoms with Crippen LogP contribution in [0.1, 0.15) is 23.6 Å². The van der Waals surface area contributed by atoms with E-state index in [2.05, 4.69) is 79.9 Å². The van der Waals surface area contributed by atoms with Gasteiger partial charge in [-0.05, 0) is 56.4 Å². The van der Waals surface area contributed by atoms with E-state index in [0.29, 0.717) is 16.8 Å². The van der Waals surface area contributed by atoms with E-state index in [1.807, 2.05) is 55.7 Å². The van der Waals surface area contributed by atoms with Gasteiger partial charge in [-0.2, -0.15) is 0 Å². The van der Waals surface area contributed by atoms with Gasteiger partial charge < -0.3 is 15.2 Å². The summed E-state index contributed by atoms with van der Waals surface area (Å²) >= 11 is 0. The van der Waals surface area contributed by atoms with E-state index >= 15 is 0 Å². The van der Waals surface area contributed by atoms with Crippen LogP contribution in [0.15, 0.2) is 80.7 Å². The second-order valence-corrected chi connectivity index (χ2v) is 7.93. The van der Waals surface area contributed by atoms with E-state index in [1.165, 1.54) is 0 Å². The minimum atomic E-state index is -0.288. The number of terminal acetylenes is 1. The molecule has 0 bridgehead atoms. The zero-order chi connectivity index (χ0) is 27.3. The van der Waals surface area contributed by atoms with Crippen molar-refractivity contribution in [3.63, 3.8) is 0 Å². The van der Waals surface area contributed by atoms with Crippen molar-refractivity contribution < 1.29 is 4.39 Å². The SMILES string of the molecule is C#C.C=C.C=C(c1c(C)ccc(NC)c1F)c1c[nH]c2ncc(-c3ccccc3)cc12.CCN(C)C. The smallest absolute Gasteiger partial charge is 0.154 e. The van der Waals surface area contributed by atoms with Crippen molar-refractivity contribution >= 4 is 22.3 Å². The highest BCUT2D eigenvalue weighted by atomic mass is 19.1. The van der Waals surface area contributed by atoms with Gasteiger partial charge >= 0.3 is 0 Å². The lowest BCUT2D eigenvalue weighted by molar-refractivity contribution is 0.434. The lowest BCUT2D eigenvalue weighted by Gasteiger charge is -2.13. The fraction of sp³-hybridized carbons (Fsp3) is 0.194. The number of pyridine rings is 1. The van der Waals surface area contributed by atoms with E-state index in [-0.39, 0.29) is 5.82 Å². The summed E-state index contributed by atoms with van der Waals surface area (Å²) in [5, 5.41) is 3.82. The van der Waals surface area contributed by atoms with Crippen molar-refractivity contribution in [1.29, 1.82) is 0 Å². The van der Waals surface area contributed by atoms with Crippen molar-refractivity contribution in [3.05, 3.63) is 103 Å². The average Bonchev–Trinajstić information content (AvgIpc) is 3.35. The number of hydrogen-bond acceptors (Lipinski definition) is 3. The van der Waals surface area contributed by atoms with Crippen molar-refractivity contribution in [2.75, 3.05) is 33.0 Å². The quantitative estimate of drug-likeness (QED) is 0.229. The Morgan fingerprint density at radius 2 is 1.69 bits per heavy atom. The summed E-state index contributed by atoms with van der Waals surface area (Å²) in [7, 11) is 5.82. The Morgan fingerprint density at radius 3 is 2.25 bits per heavy atom. The molecule has 2 aromatic heterocycles. The van der Waals surface area contributed by atoms with E-state index in [9.17, 15) is 4.39 Å². The molecule has 2 N–H and O–H groups in total. The van der Waals surface area contributed by atoms with Crippen molar-refractivity contribution in [1.82, 2.24) is 14.9 Å². The number of halogens is 1.